The number of sulfonamides is 1. The van der Waals surface area contributed by atoms with Gasteiger partial charge in [-0.25, -0.2) is 17.5 Å². The molecule has 0 saturated heterocycles. The highest BCUT2D eigenvalue weighted by Gasteiger charge is 2.21. The van der Waals surface area contributed by atoms with Crippen LogP contribution in [-0.2, 0) is 16.6 Å². The van der Waals surface area contributed by atoms with E-state index in [2.05, 4.69) is 4.72 Å². The van der Waals surface area contributed by atoms with Gasteiger partial charge in [0.25, 0.3) is 0 Å². The third-order valence-electron chi connectivity index (χ3n) is 4.32. The Balaban J connectivity index is 1.88. The Bertz CT molecular complexity index is 1200. The molecule has 0 aliphatic rings. The molecule has 0 aliphatic carbocycles. The number of halogens is 2. The van der Waals surface area contributed by atoms with E-state index in [4.69, 9.17) is 31.5 Å². The average molecular weight is 467 g/mol. The maximum Gasteiger partial charge on any atom is 0.244 e. The predicted molar refractivity (Wildman–Crippen MR) is 116 cm³/mol. The van der Waals surface area contributed by atoms with Gasteiger partial charge in [-0.05, 0) is 36.4 Å². The van der Waals surface area contributed by atoms with Crippen LogP contribution in [0.15, 0.2) is 59.5 Å². The van der Waals surface area contributed by atoms with Crippen molar-refractivity contribution in [3.8, 4) is 23.0 Å². The van der Waals surface area contributed by atoms with Crippen LogP contribution in [0.2, 0.25) is 5.02 Å². The van der Waals surface area contributed by atoms with Gasteiger partial charge in [-0.1, -0.05) is 17.7 Å². The van der Waals surface area contributed by atoms with Crippen molar-refractivity contribution in [3.05, 3.63) is 71.0 Å². The minimum absolute atomic E-state index is 0.00562. The van der Waals surface area contributed by atoms with Gasteiger partial charge >= 0.3 is 0 Å². The number of hydrogen-bond donors (Lipinski definition) is 2. The highest BCUT2D eigenvalue weighted by Crippen LogP contribution is 2.33. The molecule has 0 unspecified atom stereocenters. The fraction of sp³-hybridized carbons (Fsp3) is 0.143. The lowest BCUT2D eigenvalue weighted by Crippen LogP contribution is -2.24. The summed E-state index contributed by atoms with van der Waals surface area (Å²) in [4.78, 5) is -0.180. The third kappa shape index (κ3) is 5.38. The molecular weight excluding hydrogens is 447 g/mol. The van der Waals surface area contributed by atoms with Gasteiger partial charge in [-0.3, -0.25) is 0 Å². The van der Waals surface area contributed by atoms with Crippen LogP contribution in [0.4, 0.5) is 10.1 Å². The number of nitrogen functional groups attached to an aromatic ring is 1. The molecule has 31 heavy (non-hydrogen) atoms. The first kappa shape index (κ1) is 22.7. The Morgan fingerprint density at radius 3 is 2.39 bits per heavy atom. The minimum atomic E-state index is -4.04. The van der Waals surface area contributed by atoms with Gasteiger partial charge < -0.3 is 19.9 Å². The van der Waals surface area contributed by atoms with E-state index in [-0.39, 0.29) is 33.6 Å². The lowest BCUT2D eigenvalue weighted by molar-refractivity contribution is 0.390. The second kappa shape index (κ2) is 9.42. The molecule has 0 atom stereocenters. The van der Waals surface area contributed by atoms with Crippen molar-refractivity contribution in [1.82, 2.24) is 4.72 Å². The Hall–Kier alpha value is -3.01. The molecule has 0 spiro atoms. The van der Waals surface area contributed by atoms with Crippen molar-refractivity contribution in [2.45, 2.75) is 11.4 Å². The van der Waals surface area contributed by atoms with E-state index >= 15 is 0 Å². The zero-order chi connectivity index (χ0) is 22.6. The zero-order valence-corrected chi connectivity index (χ0v) is 18.3. The molecule has 0 aliphatic heterocycles. The summed E-state index contributed by atoms with van der Waals surface area (Å²) < 4.78 is 58.0. The highest BCUT2D eigenvalue weighted by molar-refractivity contribution is 7.89. The summed E-state index contributed by atoms with van der Waals surface area (Å²) in [5.74, 6) is 0.602. The van der Waals surface area contributed by atoms with Crippen LogP contribution in [0.3, 0.4) is 0 Å². The van der Waals surface area contributed by atoms with Crippen LogP contribution in [0.1, 0.15) is 5.56 Å². The molecule has 0 aromatic heterocycles. The molecule has 3 N–H and O–H groups in total. The van der Waals surface area contributed by atoms with Crippen molar-refractivity contribution in [3.63, 3.8) is 0 Å². The van der Waals surface area contributed by atoms with Crippen molar-refractivity contribution >= 4 is 27.3 Å². The van der Waals surface area contributed by atoms with E-state index in [0.717, 1.165) is 6.07 Å². The first-order valence-electron chi connectivity index (χ1n) is 8.96. The maximum absolute atomic E-state index is 13.4. The SMILES string of the molecule is COc1ccc(CNS(=O)(=O)c2cc(N)ccc2Oc2ccc(F)c(Cl)c2)c(OC)c1. The monoisotopic (exact) mass is 466 g/mol. The van der Waals surface area contributed by atoms with E-state index < -0.39 is 15.8 Å². The molecule has 164 valence electrons. The van der Waals surface area contributed by atoms with Crippen molar-refractivity contribution < 1.29 is 27.0 Å². The first-order valence-corrected chi connectivity index (χ1v) is 10.8. The Labute approximate surface area is 184 Å². The lowest BCUT2D eigenvalue weighted by atomic mass is 10.2. The van der Waals surface area contributed by atoms with Crippen LogP contribution in [0.5, 0.6) is 23.0 Å². The normalized spacial score (nSPS) is 11.2. The fourth-order valence-electron chi connectivity index (χ4n) is 2.73. The lowest BCUT2D eigenvalue weighted by Gasteiger charge is -2.15. The third-order valence-corrected chi connectivity index (χ3v) is 6.04. The summed E-state index contributed by atoms with van der Waals surface area (Å²) in [5, 5.41) is -0.151. The molecular formula is C21H20ClFN2O5S. The second-order valence-corrected chi connectivity index (χ2v) is 8.53. The number of rotatable bonds is 8. The zero-order valence-electron chi connectivity index (χ0n) is 16.7. The van der Waals surface area contributed by atoms with Gasteiger partial charge in [-0.2, -0.15) is 0 Å². The van der Waals surface area contributed by atoms with Gasteiger partial charge in [0.15, 0.2) is 0 Å². The summed E-state index contributed by atoms with van der Waals surface area (Å²) in [5.41, 5.74) is 6.62. The number of nitrogens with two attached hydrogens (primary N) is 1. The van der Waals surface area contributed by atoms with E-state index in [1.165, 1.54) is 44.6 Å². The van der Waals surface area contributed by atoms with Crippen LogP contribution in [-0.4, -0.2) is 22.6 Å². The number of benzene rings is 3. The summed E-state index contributed by atoms with van der Waals surface area (Å²) >= 11 is 5.78. The number of ether oxygens (including phenoxy) is 3. The summed E-state index contributed by atoms with van der Waals surface area (Å²) in [7, 11) is -1.04. The van der Waals surface area contributed by atoms with E-state index in [1.807, 2.05) is 0 Å². The molecule has 0 saturated carbocycles. The Kier molecular flexibility index (Phi) is 6.89. The topological polar surface area (TPSA) is 99.9 Å². The van der Waals surface area contributed by atoms with E-state index in [9.17, 15) is 12.8 Å². The molecule has 0 fully saturated rings. The molecule has 10 heteroatoms. The summed E-state index contributed by atoms with van der Waals surface area (Å²) in [6.07, 6.45) is 0. The fourth-order valence-corrected chi connectivity index (χ4v) is 4.07. The van der Waals surface area contributed by atoms with Gasteiger partial charge in [-0.15, -0.1) is 0 Å². The smallest absolute Gasteiger partial charge is 0.244 e. The summed E-state index contributed by atoms with van der Waals surface area (Å²) in [6, 6.07) is 12.9. The van der Waals surface area contributed by atoms with Gasteiger partial charge in [0.05, 0.1) is 19.2 Å². The quantitative estimate of drug-likeness (QED) is 0.479. The molecule has 0 radical (unpaired) electrons. The number of nitrogens with one attached hydrogen (secondary N) is 1. The Morgan fingerprint density at radius 2 is 1.71 bits per heavy atom. The number of hydrogen-bond acceptors (Lipinski definition) is 6. The highest BCUT2D eigenvalue weighted by atomic mass is 35.5. The second-order valence-electron chi connectivity index (χ2n) is 6.39. The molecule has 7 nitrogen and oxygen atoms in total. The van der Waals surface area contributed by atoms with Crippen LogP contribution < -0.4 is 24.7 Å². The molecule has 3 rings (SSSR count). The standard InChI is InChI=1S/C21H20ClFN2O5S/c1-28-15-5-3-13(20(11-15)29-2)12-25-31(26,27)21-9-14(24)4-8-19(21)30-16-6-7-18(23)17(22)10-16/h3-11,25H,12,24H2,1-2H3. The molecule has 0 amide bonds. The van der Waals surface area contributed by atoms with Gasteiger partial charge in [0, 0.05) is 29.9 Å². The van der Waals surface area contributed by atoms with Crippen LogP contribution in [0.25, 0.3) is 0 Å². The van der Waals surface area contributed by atoms with Crippen LogP contribution in [0, 0.1) is 5.82 Å². The van der Waals surface area contributed by atoms with Crippen molar-refractivity contribution in [1.29, 1.82) is 0 Å². The molecule has 3 aromatic rings. The largest absolute Gasteiger partial charge is 0.497 e. The molecule has 3 aromatic carbocycles. The minimum Gasteiger partial charge on any atom is -0.497 e. The maximum atomic E-state index is 13.4. The van der Waals surface area contributed by atoms with E-state index in [1.54, 1.807) is 18.2 Å². The predicted octanol–water partition coefficient (Wildman–Crippen LogP) is 4.35. The molecule has 0 heterocycles. The first-order chi connectivity index (χ1) is 14.7. The van der Waals surface area contributed by atoms with Crippen molar-refractivity contribution in [2.24, 2.45) is 0 Å². The van der Waals surface area contributed by atoms with Gasteiger partial charge in [0.1, 0.15) is 33.7 Å². The van der Waals surface area contributed by atoms with Crippen LogP contribution >= 0.6 is 11.6 Å². The molecule has 0 bridgehead atoms. The number of methoxy groups -OCH3 is 2. The number of anilines is 1. The average Bonchev–Trinajstić information content (AvgIpc) is 2.76. The Morgan fingerprint density at radius 1 is 0.968 bits per heavy atom. The van der Waals surface area contributed by atoms with E-state index in [0.29, 0.717) is 17.1 Å². The summed E-state index contributed by atoms with van der Waals surface area (Å²) in [6.45, 7) is -0.0495. The van der Waals surface area contributed by atoms with Gasteiger partial charge in [0.2, 0.25) is 10.0 Å². The van der Waals surface area contributed by atoms with Crippen molar-refractivity contribution in [2.75, 3.05) is 20.0 Å².